The summed E-state index contributed by atoms with van der Waals surface area (Å²) in [5, 5.41) is 3.45. The molecule has 1 rings (SSSR count). The van der Waals surface area contributed by atoms with E-state index in [4.69, 9.17) is 5.73 Å². The largest absolute Gasteiger partial charge is 0.330 e. The molecule has 0 aromatic heterocycles. The molecule has 0 radical (unpaired) electrons. The molecule has 3 N–H and O–H groups in total. The Morgan fingerprint density at radius 3 is 2.57 bits per heavy atom. The van der Waals surface area contributed by atoms with E-state index in [-0.39, 0.29) is 0 Å². The second-order valence-electron chi connectivity index (χ2n) is 4.47. The van der Waals surface area contributed by atoms with Gasteiger partial charge in [-0.05, 0) is 65.3 Å². The minimum Gasteiger partial charge on any atom is -0.330 e. The molecule has 0 aromatic carbocycles. The summed E-state index contributed by atoms with van der Waals surface area (Å²) in [6.45, 7) is 3.34. The Balaban J connectivity index is 2.29. The molecule has 0 saturated carbocycles. The predicted molar refractivity (Wildman–Crippen MR) is 61.4 cm³/mol. The van der Waals surface area contributed by atoms with Crippen LogP contribution < -0.4 is 11.1 Å². The Bertz CT molecular complexity index is 139. The summed E-state index contributed by atoms with van der Waals surface area (Å²) in [7, 11) is 4.30. The highest BCUT2D eigenvalue weighted by Crippen LogP contribution is 2.22. The summed E-state index contributed by atoms with van der Waals surface area (Å²) in [4.78, 5) is 2.42. The Morgan fingerprint density at radius 1 is 1.43 bits per heavy atom. The maximum Gasteiger partial charge on any atom is 0.00937 e. The topological polar surface area (TPSA) is 41.3 Å². The third-order valence-corrected chi connectivity index (χ3v) is 3.42. The zero-order valence-corrected chi connectivity index (χ0v) is 9.63. The Kier molecular flexibility index (Phi) is 5.45. The molecule has 1 fully saturated rings. The summed E-state index contributed by atoms with van der Waals surface area (Å²) >= 11 is 0. The van der Waals surface area contributed by atoms with E-state index in [2.05, 4.69) is 24.3 Å². The van der Waals surface area contributed by atoms with E-state index in [0.717, 1.165) is 18.9 Å². The van der Waals surface area contributed by atoms with E-state index >= 15 is 0 Å². The van der Waals surface area contributed by atoms with Gasteiger partial charge in [0.2, 0.25) is 0 Å². The van der Waals surface area contributed by atoms with Crippen molar-refractivity contribution in [2.45, 2.75) is 31.7 Å². The lowest BCUT2D eigenvalue weighted by molar-refractivity contribution is 0.183. The van der Waals surface area contributed by atoms with E-state index in [1.165, 1.54) is 32.4 Å². The van der Waals surface area contributed by atoms with Crippen molar-refractivity contribution in [3.8, 4) is 0 Å². The SMILES string of the molecule is CNC(CCCN)C1CCN(C)CC1. The Labute approximate surface area is 88.0 Å². The van der Waals surface area contributed by atoms with E-state index in [1.807, 2.05) is 0 Å². The van der Waals surface area contributed by atoms with Gasteiger partial charge in [-0.25, -0.2) is 0 Å². The third-order valence-electron chi connectivity index (χ3n) is 3.42. The fourth-order valence-electron chi connectivity index (χ4n) is 2.38. The first-order chi connectivity index (χ1) is 6.77. The van der Waals surface area contributed by atoms with Crippen molar-refractivity contribution >= 4 is 0 Å². The van der Waals surface area contributed by atoms with Crippen molar-refractivity contribution in [2.75, 3.05) is 33.7 Å². The normalized spacial score (nSPS) is 22.5. The zero-order chi connectivity index (χ0) is 10.4. The molecule has 1 heterocycles. The van der Waals surface area contributed by atoms with Crippen LogP contribution >= 0.6 is 0 Å². The Hall–Kier alpha value is -0.120. The van der Waals surface area contributed by atoms with Crippen LogP contribution in [-0.2, 0) is 0 Å². The van der Waals surface area contributed by atoms with Crippen LogP contribution in [0, 0.1) is 5.92 Å². The molecule has 0 bridgehead atoms. The zero-order valence-electron chi connectivity index (χ0n) is 9.63. The van der Waals surface area contributed by atoms with Gasteiger partial charge in [-0.1, -0.05) is 0 Å². The van der Waals surface area contributed by atoms with Crippen LogP contribution in [0.3, 0.4) is 0 Å². The minimum atomic E-state index is 0.687. The van der Waals surface area contributed by atoms with Gasteiger partial charge in [0.25, 0.3) is 0 Å². The summed E-state index contributed by atoms with van der Waals surface area (Å²) in [6.07, 6.45) is 5.07. The fourth-order valence-corrected chi connectivity index (χ4v) is 2.38. The smallest absolute Gasteiger partial charge is 0.00937 e. The molecule has 1 aliphatic rings. The van der Waals surface area contributed by atoms with Crippen molar-refractivity contribution in [1.29, 1.82) is 0 Å². The minimum absolute atomic E-state index is 0.687. The first-order valence-corrected chi connectivity index (χ1v) is 5.83. The van der Waals surface area contributed by atoms with Gasteiger partial charge in [0, 0.05) is 6.04 Å². The first kappa shape index (κ1) is 12.0. The number of hydrogen-bond acceptors (Lipinski definition) is 3. The van der Waals surface area contributed by atoms with Gasteiger partial charge in [0.15, 0.2) is 0 Å². The van der Waals surface area contributed by atoms with Crippen LogP contribution in [0.4, 0.5) is 0 Å². The molecule has 0 amide bonds. The number of hydrogen-bond donors (Lipinski definition) is 2. The third kappa shape index (κ3) is 3.56. The molecule has 1 atom stereocenters. The number of likely N-dealkylation sites (tertiary alicyclic amines) is 1. The number of nitrogens with zero attached hydrogens (tertiary/aromatic N) is 1. The van der Waals surface area contributed by atoms with Crippen molar-refractivity contribution in [2.24, 2.45) is 11.7 Å². The predicted octanol–water partition coefficient (Wildman–Crippen LogP) is 0.655. The molecule has 84 valence electrons. The van der Waals surface area contributed by atoms with Gasteiger partial charge in [-0.2, -0.15) is 0 Å². The van der Waals surface area contributed by atoms with Gasteiger partial charge in [-0.3, -0.25) is 0 Å². The molecule has 1 aliphatic heterocycles. The van der Waals surface area contributed by atoms with E-state index in [0.29, 0.717) is 6.04 Å². The van der Waals surface area contributed by atoms with Crippen LogP contribution in [0.1, 0.15) is 25.7 Å². The van der Waals surface area contributed by atoms with Crippen LogP contribution in [-0.4, -0.2) is 44.7 Å². The number of rotatable bonds is 5. The van der Waals surface area contributed by atoms with Crippen molar-refractivity contribution in [3.05, 3.63) is 0 Å². The lowest BCUT2D eigenvalue weighted by Crippen LogP contribution is -2.41. The highest BCUT2D eigenvalue weighted by atomic mass is 15.1. The Morgan fingerprint density at radius 2 is 2.07 bits per heavy atom. The molecule has 0 spiro atoms. The lowest BCUT2D eigenvalue weighted by atomic mass is 9.87. The van der Waals surface area contributed by atoms with Crippen LogP contribution in [0.5, 0.6) is 0 Å². The molecular formula is C11H25N3. The first-order valence-electron chi connectivity index (χ1n) is 5.83. The average molecular weight is 199 g/mol. The molecule has 1 saturated heterocycles. The highest BCUT2D eigenvalue weighted by Gasteiger charge is 2.23. The van der Waals surface area contributed by atoms with Crippen molar-refractivity contribution < 1.29 is 0 Å². The average Bonchev–Trinajstić information content (AvgIpc) is 2.21. The lowest BCUT2D eigenvalue weighted by Gasteiger charge is -2.34. The number of nitrogens with two attached hydrogens (primary N) is 1. The van der Waals surface area contributed by atoms with Gasteiger partial charge in [0.1, 0.15) is 0 Å². The highest BCUT2D eigenvalue weighted by molar-refractivity contribution is 4.80. The fraction of sp³-hybridized carbons (Fsp3) is 1.00. The summed E-state index contributed by atoms with van der Waals surface area (Å²) < 4.78 is 0. The number of piperidine rings is 1. The van der Waals surface area contributed by atoms with E-state index < -0.39 is 0 Å². The van der Waals surface area contributed by atoms with Gasteiger partial charge < -0.3 is 16.0 Å². The van der Waals surface area contributed by atoms with E-state index in [9.17, 15) is 0 Å². The second kappa shape index (κ2) is 6.38. The molecule has 1 unspecified atom stereocenters. The number of nitrogens with one attached hydrogen (secondary N) is 1. The van der Waals surface area contributed by atoms with Crippen molar-refractivity contribution in [1.82, 2.24) is 10.2 Å². The molecule has 14 heavy (non-hydrogen) atoms. The monoisotopic (exact) mass is 199 g/mol. The van der Waals surface area contributed by atoms with Crippen molar-refractivity contribution in [3.63, 3.8) is 0 Å². The van der Waals surface area contributed by atoms with Gasteiger partial charge in [-0.15, -0.1) is 0 Å². The molecule has 0 aromatic rings. The molecular weight excluding hydrogens is 174 g/mol. The van der Waals surface area contributed by atoms with Crippen LogP contribution in [0.15, 0.2) is 0 Å². The van der Waals surface area contributed by atoms with Crippen LogP contribution in [0.2, 0.25) is 0 Å². The van der Waals surface area contributed by atoms with Crippen LogP contribution in [0.25, 0.3) is 0 Å². The quantitative estimate of drug-likeness (QED) is 0.683. The molecule has 3 nitrogen and oxygen atoms in total. The maximum absolute atomic E-state index is 5.55. The van der Waals surface area contributed by atoms with E-state index in [1.54, 1.807) is 0 Å². The molecule has 3 heteroatoms. The van der Waals surface area contributed by atoms with Gasteiger partial charge in [0.05, 0.1) is 0 Å². The standard InChI is InChI=1S/C11H25N3/c1-13-11(4-3-7-12)10-5-8-14(2)9-6-10/h10-11,13H,3-9,12H2,1-2H3. The summed E-state index contributed by atoms with van der Waals surface area (Å²) in [6, 6.07) is 0.687. The summed E-state index contributed by atoms with van der Waals surface area (Å²) in [5.41, 5.74) is 5.55. The summed E-state index contributed by atoms with van der Waals surface area (Å²) in [5.74, 6) is 0.864. The maximum atomic E-state index is 5.55. The second-order valence-corrected chi connectivity index (χ2v) is 4.47. The molecule has 0 aliphatic carbocycles. The van der Waals surface area contributed by atoms with Gasteiger partial charge >= 0.3 is 0 Å².